The molecule has 0 unspecified atom stereocenters. The van der Waals surface area contributed by atoms with E-state index in [1.807, 2.05) is 55.5 Å². The van der Waals surface area contributed by atoms with Crippen LogP contribution in [0, 0.1) is 6.92 Å². The minimum absolute atomic E-state index is 0.147. The number of hydrogen-bond acceptors (Lipinski definition) is 2. The highest BCUT2D eigenvalue weighted by atomic mass is 16.2. The summed E-state index contributed by atoms with van der Waals surface area (Å²) in [6.07, 6.45) is 0.790. The summed E-state index contributed by atoms with van der Waals surface area (Å²) in [5.74, 6) is 0. The van der Waals surface area contributed by atoms with Crippen LogP contribution in [0.15, 0.2) is 48.5 Å². The minimum atomic E-state index is -0.147. The molecule has 4 nitrogen and oxygen atoms in total. The maximum Gasteiger partial charge on any atom is 0.315 e. The van der Waals surface area contributed by atoms with Gasteiger partial charge in [0.25, 0.3) is 0 Å². The van der Waals surface area contributed by atoms with Gasteiger partial charge in [-0.05, 0) is 36.6 Å². The van der Waals surface area contributed by atoms with Crippen molar-refractivity contribution in [3.63, 3.8) is 0 Å². The van der Waals surface area contributed by atoms with Gasteiger partial charge >= 0.3 is 6.03 Å². The third kappa shape index (κ3) is 5.18. The van der Waals surface area contributed by atoms with E-state index < -0.39 is 0 Å². The summed E-state index contributed by atoms with van der Waals surface area (Å²) in [5, 5.41) is 5.69. The second kappa shape index (κ2) is 7.33. The fourth-order valence-corrected chi connectivity index (χ4v) is 1.96. The van der Waals surface area contributed by atoms with Crippen molar-refractivity contribution < 1.29 is 4.79 Å². The highest BCUT2D eigenvalue weighted by molar-refractivity contribution is 5.73. The Morgan fingerprint density at radius 3 is 2.24 bits per heavy atom. The van der Waals surface area contributed by atoms with Gasteiger partial charge < -0.3 is 16.4 Å². The van der Waals surface area contributed by atoms with Crippen molar-refractivity contribution in [2.24, 2.45) is 0 Å². The standard InChI is InChI=1S/C17H21N3O/c1-13-2-4-15(5-3-13)12-20-17(21)19-11-10-14-6-8-16(18)9-7-14/h2-9H,10-12,18H2,1H3,(H2,19,20,21). The molecule has 0 saturated heterocycles. The van der Waals surface area contributed by atoms with Gasteiger partial charge in [0.1, 0.15) is 0 Å². The number of urea groups is 1. The van der Waals surface area contributed by atoms with E-state index in [9.17, 15) is 4.79 Å². The molecule has 0 fully saturated rings. The first kappa shape index (κ1) is 14.9. The highest BCUT2D eigenvalue weighted by Gasteiger charge is 2.00. The Hall–Kier alpha value is -2.49. The number of benzene rings is 2. The molecule has 0 heterocycles. The molecule has 0 bridgehead atoms. The van der Waals surface area contributed by atoms with E-state index in [2.05, 4.69) is 10.6 Å². The number of rotatable bonds is 5. The maximum absolute atomic E-state index is 11.7. The third-order valence-electron chi connectivity index (χ3n) is 3.25. The molecule has 0 spiro atoms. The van der Waals surface area contributed by atoms with Crippen molar-refractivity contribution in [1.82, 2.24) is 10.6 Å². The first-order valence-electron chi connectivity index (χ1n) is 7.05. The van der Waals surface area contributed by atoms with E-state index in [-0.39, 0.29) is 6.03 Å². The van der Waals surface area contributed by atoms with Crippen LogP contribution >= 0.6 is 0 Å². The van der Waals surface area contributed by atoms with Crippen molar-refractivity contribution in [2.75, 3.05) is 12.3 Å². The van der Waals surface area contributed by atoms with Gasteiger partial charge in [-0.1, -0.05) is 42.0 Å². The molecular formula is C17H21N3O. The third-order valence-corrected chi connectivity index (χ3v) is 3.25. The molecule has 0 aliphatic heterocycles. The Bertz CT molecular complexity index is 576. The fourth-order valence-electron chi connectivity index (χ4n) is 1.96. The van der Waals surface area contributed by atoms with Gasteiger partial charge in [0, 0.05) is 18.8 Å². The second-order valence-electron chi connectivity index (χ2n) is 5.09. The summed E-state index contributed by atoms with van der Waals surface area (Å²) in [6, 6.07) is 15.6. The van der Waals surface area contributed by atoms with Crippen LogP contribution in [0.5, 0.6) is 0 Å². The Labute approximate surface area is 125 Å². The van der Waals surface area contributed by atoms with Crippen LogP contribution in [-0.4, -0.2) is 12.6 Å². The molecule has 0 aliphatic rings. The zero-order valence-electron chi connectivity index (χ0n) is 12.2. The summed E-state index contributed by atoms with van der Waals surface area (Å²) in [6.45, 7) is 3.18. The molecule has 2 aromatic carbocycles. The molecule has 0 aromatic heterocycles. The molecule has 0 atom stereocenters. The average Bonchev–Trinajstić information content (AvgIpc) is 2.49. The Morgan fingerprint density at radius 1 is 0.952 bits per heavy atom. The largest absolute Gasteiger partial charge is 0.399 e. The molecular weight excluding hydrogens is 262 g/mol. The Balaban J connectivity index is 1.67. The summed E-state index contributed by atoms with van der Waals surface area (Å²) in [7, 11) is 0. The molecule has 4 N–H and O–H groups in total. The number of carbonyl (C=O) groups is 1. The fraction of sp³-hybridized carbons (Fsp3) is 0.235. The number of hydrogen-bond donors (Lipinski definition) is 3. The van der Waals surface area contributed by atoms with Gasteiger partial charge in [0.05, 0.1) is 0 Å². The number of nitrogen functional groups attached to an aromatic ring is 1. The number of carbonyl (C=O) groups excluding carboxylic acids is 1. The SMILES string of the molecule is Cc1ccc(CNC(=O)NCCc2ccc(N)cc2)cc1. The van der Waals surface area contributed by atoms with Crippen LogP contribution in [0.4, 0.5) is 10.5 Å². The summed E-state index contributed by atoms with van der Waals surface area (Å²) >= 11 is 0. The smallest absolute Gasteiger partial charge is 0.315 e. The van der Waals surface area contributed by atoms with Gasteiger partial charge in [-0.3, -0.25) is 0 Å². The van der Waals surface area contributed by atoms with E-state index in [4.69, 9.17) is 5.73 Å². The molecule has 110 valence electrons. The number of anilines is 1. The second-order valence-corrected chi connectivity index (χ2v) is 5.09. The van der Waals surface area contributed by atoms with Crippen LogP contribution in [-0.2, 0) is 13.0 Å². The molecule has 2 amide bonds. The summed E-state index contributed by atoms with van der Waals surface area (Å²) in [5.41, 5.74) is 9.84. The lowest BCUT2D eigenvalue weighted by atomic mass is 10.1. The molecule has 21 heavy (non-hydrogen) atoms. The Kier molecular flexibility index (Phi) is 5.21. The van der Waals surface area contributed by atoms with E-state index in [1.54, 1.807) is 0 Å². The first-order chi connectivity index (χ1) is 10.1. The lowest BCUT2D eigenvalue weighted by Crippen LogP contribution is -2.36. The average molecular weight is 283 g/mol. The molecule has 2 aromatic rings. The highest BCUT2D eigenvalue weighted by Crippen LogP contribution is 2.05. The number of nitrogens with one attached hydrogen (secondary N) is 2. The number of nitrogens with two attached hydrogens (primary N) is 1. The van der Waals surface area contributed by atoms with Crippen LogP contribution in [0.25, 0.3) is 0 Å². The summed E-state index contributed by atoms with van der Waals surface area (Å²) < 4.78 is 0. The quantitative estimate of drug-likeness (QED) is 0.738. The van der Waals surface area contributed by atoms with Crippen molar-refractivity contribution in [1.29, 1.82) is 0 Å². The van der Waals surface area contributed by atoms with Crippen LogP contribution in [0.2, 0.25) is 0 Å². The first-order valence-corrected chi connectivity index (χ1v) is 7.05. The van der Waals surface area contributed by atoms with Gasteiger partial charge in [-0.15, -0.1) is 0 Å². The van der Waals surface area contributed by atoms with Crippen molar-refractivity contribution in [3.8, 4) is 0 Å². The lowest BCUT2D eigenvalue weighted by Gasteiger charge is -2.08. The van der Waals surface area contributed by atoms with Gasteiger partial charge in [0.15, 0.2) is 0 Å². The minimum Gasteiger partial charge on any atom is -0.399 e. The monoisotopic (exact) mass is 283 g/mol. The van der Waals surface area contributed by atoms with Gasteiger partial charge in [0.2, 0.25) is 0 Å². The normalized spacial score (nSPS) is 10.1. The number of aryl methyl sites for hydroxylation is 1. The van der Waals surface area contributed by atoms with E-state index in [0.717, 1.165) is 23.2 Å². The van der Waals surface area contributed by atoms with Crippen LogP contribution in [0.1, 0.15) is 16.7 Å². The number of amides is 2. The van der Waals surface area contributed by atoms with Crippen molar-refractivity contribution >= 4 is 11.7 Å². The lowest BCUT2D eigenvalue weighted by molar-refractivity contribution is 0.240. The predicted octanol–water partition coefficient (Wildman–Crippen LogP) is 2.62. The topological polar surface area (TPSA) is 67.2 Å². The van der Waals surface area contributed by atoms with E-state index >= 15 is 0 Å². The Morgan fingerprint density at radius 2 is 1.57 bits per heavy atom. The molecule has 4 heteroatoms. The zero-order chi connectivity index (χ0) is 15.1. The van der Waals surface area contributed by atoms with E-state index in [0.29, 0.717) is 13.1 Å². The van der Waals surface area contributed by atoms with Crippen molar-refractivity contribution in [2.45, 2.75) is 19.9 Å². The van der Waals surface area contributed by atoms with Crippen LogP contribution in [0.3, 0.4) is 0 Å². The molecule has 2 rings (SSSR count). The molecule has 0 aliphatic carbocycles. The zero-order valence-corrected chi connectivity index (χ0v) is 12.2. The summed E-state index contributed by atoms with van der Waals surface area (Å²) in [4.78, 5) is 11.7. The van der Waals surface area contributed by atoms with E-state index in [1.165, 1.54) is 5.56 Å². The van der Waals surface area contributed by atoms with Crippen molar-refractivity contribution in [3.05, 3.63) is 65.2 Å². The van der Waals surface area contributed by atoms with Crippen LogP contribution < -0.4 is 16.4 Å². The predicted molar refractivity (Wildman–Crippen MR) is 86.0 cm³/mol. The van der Waals surface area contributed by atoms with Gasteiger partial charge in [-0.25, -0.2) is 4.79 Å². The molecule has 0 saturated carbocycles. The van der Waals surface area contributed by atoms with Gasteiger partial charge in [-0.2, -0.15) is 0 Å². The maximum atomic E-state index is 11.7. The molecule has 0 radical (unpaired) electrons.